The van der Waals surface area contributed by atoms with Crippen molar-refractivity contribution >= 4 is 12.4 Å². The molecule has 2 atom stereocenters. The molecule has 0 N–H and O–H groups in total. The third kappa shape index (κ3) is 3.25. The molecule has 0 radical (unpaired) electrons. The van der Waals surface area contributed by atoms with E-state index in [-0.39, 0.29) is 5.92 Å². The predicted molar refractivity (Wildman–Crippen MR) is 74.5 cm³/mol. The summed E-state index contributed by atoms with van der Waals surface area (Å²) in [7, 11) is 0. The standard InChI is InChI=1S/C15H16N2/c1-12-5-7-14-4-3-9-17-13(2)10-16-11-15(14)8-6-12/h3-9,11,14-15H,1-2,10H2/b4-3-,16-11?,17-9?. The van der Waals surface area contributed by atoms with E-state index in [1.165, 1.54) is 0 Å². The SMILES string of the molecule is C=C1C=CC2C=NCC(=C)N=C/C=C\C2C=C1. The first kappa shape index (κ1) is 11.5. The summed E-state index contributed by atoms with van der Waals surface area (Å²) >= 11 is 0. The first-order valence-electron chi connectivity index (χ1n) is 5.69. The van der Waals surface area contributed by atoms with E-state index in [2.05, 4.69) is 41.4 Å². The molecule has 86 valence electrons. The van der Waals surface area contributed by atoms with Crippen molar-refractivity contribution in [2.45, 2.75) is 0 Å². The second kappa shape index (κ2) is 5.39. The van der Waals surface area contributed by atoms with Crippen molar-refractivity contribution in [2.75, 3.05) is 6.54 Å². The lowest BCUT2D eigenvalue weighted by Crippen LogP contribution is -2.10. The summed E-state index contributed by atoms with van der Waals surface area (Å²) in [5, 5.41) is 0. The quantitative estimate of drug-likeness (QED) is 0.604. The molecule has 1 heterocycles. The Balaban J connectivity index is 2.31. The monoisotopic (exact) mass is 224 g/mol. The minimum absolute atomic E-state index is 0.279. The van der Waals surface area contributed by atoms with Crippen LogP contribution in [0, 0.1) is 11.8 Å². The van der Waals surface area contributed by atoms with Crippen LogP contribution in [-0.4, -0.2) is 19.0 Å². The van der Waals surface area contributed by atoms with Gasteiger partial charge in [0.15, 0.2) is 0 Å². The summed E-state index contributed by atoms with van der Waals surface area (Å²) in [5.41, 5.74) is 1.80. The maximum absolute atomic E-state index is 4.38. The van der Waals surface area contributed by atoms with Crippen LogP contribution in [0.1, 0.15) is 0 Å². The highest BCUT2D eigenvalue weighted by atomic mass is 14.8. The van der Waals surface area contributed by atoms with Crippen LogP contribution in [0.2, 0.25) is 0 Å². The topological polar surface area (TPSA) is 24.7 Å². The van der Waals surface area contributed by atoms with Crippen molar-refractivity contribution in [2.24, 2.45) is 21.8 Å². The molecule has 2 aliphatic rings. The zero-order valence-electron chi connectivity index (χ0n) is 9.79. The third-order valence-electron chi connectivity index (χ3n) is 2.74. The van der Waals surface area contributed by atoms with Gasteiger partial charge in [-0.15, -0.1) is 0 Å². The molecule has 2 nitrogen and oxygen atoms in total. The summed E-state index contributed by atoms with van der Waals surface area (Å²) in [4.78, 5) is 8.56. The van der Waals surface area contributed by atoms with E-state index < -0.39 is 0 Å². The van der Waals surface area contributed by atoms with Crippen LogP contribution >= 0.6 is 0 Å². The van der Waals surface area contributed by atoms with E-state index in [1.54, 1.807) is 6.21 Å². The molecule has 0 amide bonds. The van der Waals surface area contributed by atoms with Gasteiger partial charge in [-0.1, -0.05) is 43.5 Å². The van der Waals surface area contributed by atoms with Gasteiger partial charge in [0.25, 0.3) is 0 Å². The van der Waals surface area contributed by atoms with Gasteiger partial charge >= 0.3 is 0 Å². The fourth-order valence-corrected chi connectivity index (χ4v) is 1.77. The van der Waals surface area contributed by atoms with E-state index >= 15 is 0 Å². The van der Waals surface area contributed by atoms with Crippen LogP contribution in [0.5, 0.6) is 0 Å². The molecule has 0 spiro atoms. The maximum atomic E-state index is 4.38. The van der Waals surface area contributed by atoms with E-state index in [9.17, 15) is 0 Å². The van der Waals surface area contributed by atoms with Gasteiger partial charge < -0.3 is 0 Å². The van der Waals surface area contributed by atoms with E-state index in [0.29, 0.717) is 12.5 Å². The lowest BCUT2D eigenvalue weighted by atomic mass is 9.93. The second-order valence-electron chi connectivity index (χ2n) is 4.17. The maximum Gasteiger partial charge on any atom is 0.0802 e. The van der Waals surface area contributed by atoms with Crippen LogP contribution in [0.3, 0.4) is 0 Å². The average molecular weight is 224 g/mol. The van der Waals surface area contributed by atoms with E-state index in [4.69, 9.17) is 0 Å². The van der Waals surface area contributed by atoms with Gasteiger partial charge in [-0.3, -0.25) is 9.98 Å². The van der Waals surface area contributed by atoms with Crippen LogP contribution in [-0.2, 0) is 0 Å². The Morgan fingerprint density at radius 1 is 1.06 bits per heavy atom. The van der Waals surface area contributed by atoms with Crippen LogP contribution in [0.15, 0.2) is 70.9 Å². The Morgan fingerprint density at radius 2 is 1.82 bits per heavy atom. The van der Waals surface area contributed by atoms with Gasteiger partial charge in [-0.2, -0.15) is 0 Å². The molecule has 0 saturated heterocycles. The fraction of sp³-hybridized carbons (Fsp3) is 0.200. The van der Waals surface area contributed by atoms with E-state index in [1.807, 2.05) is 24.4 Å². The van der Waals surface area contributed by atoms with Crippen molar-refractivity contribution in [1.82, 2.24) is 0 Å². The molecule has 1 aliphatic carbocycles. The lowest BCUT2D eigenvalue weighted by molar-refractivity contribution is 0.724. The molecule has 0 fully saturated rings. The Labute approximate surface area is 102 Å². The van der Waals surface area contributed by atoms with Gasteiger partial charge in [-0.25, -0.2) is 0 Å². The minimum Gasteiger partial charge on any atom is -0.291 e. The Hall–Kier alpha value is -1.96. The van der Waals surface area contributed by atoms with Gasteiger partial charge in [0.1, 0.15) is 0 Å². The first-order chi connectivity index (χ1) is 8.25. The fourth-order valence-electron chi connectivity index (χ4n) is 1.77. The van der Waals surface area contributed by atoms with Crippen molar-refractivity contribution in [3.05, 3.63) is 60.9 Å². The van der Waals surface area contributed by atoms with E-state index in [0.717, 1.165) is 11.3 Å². The molecule has 2 heteroatoms. The highest BCUT2D eigenvalue weighted by Gasteiger charge is 2.13. The molecular weight excluding hydrogens is 208 g/mol. The van der Waals surface area contributed by atoms with Crippen LogP contribution < -0.4 is 0 Å². The highest BCUT2D eigenvalue weighted by Crippen LogP contribution is 2.21. The van der Waals surface area contributed by atoms with Gasteiger partial charge in [0, 0.05) is 24.3 Å². The molecule has 1 aliphatic heterocycles. The predicted octanol–water partition coefficient (Wildman–Crippen LogP) is 3.13. The van der Waals surface area contributed by atoms with Crippen molar-refractivity contribution in [3.8, 4) is 0 Å². The summed E-state index contributed by atoms with van der Waals surface area (Å²) in [6.45, 7) is 8.34. The zero-order chi connectivity index (χ0) is 12.1. The minimum atomic E-state index is 0.279. The molecule has 17 heavy (non-hydrogen) atoms. The molecule has 0 aromatic rings. The third-order valence-corrected chi connectivity index (χ3v) is 2.74. The normalized spacial score (nSPS) is 29.9. The first-order valence-corrected chi connectivity index (χ1v) is 5.69. The molecule has 0 bridgehead atoms. The molecule has 0 aromatic heterocycles. The van der Waals surface area contributed by atoms with Gasteiger partial charge in [0.2, 0.25) is 0 Å². The Morgan fingerprint density at radius 3 is 2.65 bits per heavy atom. The number of hydrogen-bond acceptors (Lipinski definition) is 2. The van der Waals surface area contributed by atoms with Crippen LogP contribution in [0.25, 0.3) is 0 Å². The zero-order valence-corrected chi connectivity index (χ0v) is 9.79. The number of allylic oxidation sites excluding steroid dienone is 7. The highest BCUT2D eigenvalue weighted by molar-refractivity contribution is 5.73. The largest absolute Gasteiger partial charge is 0.291 e. The van der Waals surface area contributed by atoms with Crippen molar-refractivity contribution in [1.29, 1.82) is 0 Å². The average Bonchev–Trinajstić information content (AvgIpc) is 2.49. The van der Waals surface area contributed by atoms with Crippen LogP contribution in [0.4, 0.5) is 0 Å². The molecule has 2 rings (SSSR count). The number of fused-ring (bicyclic) bond motifs is 1. The smallest absolute Gasteiger partial charge is 0.0802 e. The summed E-state index contributed by atoms with van der Waals surface area (Å²) < 4.78 is 0. The molecule has 0 aromatic carbocycles. The summed E-state index contributed by atoms with van der Waals surface area (Å²) in [6, 6.07) is 0. The molecule has 0 saturated carbocycles. The summed E-state index contributed by atoms with van der Waals surface area (Å²) in [6.07, 6.45) is 16.2. The van der Waals surface area contributed by atoms with Gasteiger partial charge in [-0.05, 0) is 11.6 Å². The number of rotatable bonds is 0. The Bertz CT molecular complexity index is 461. The molecular formula is C15H16N2. The number of aliphatic imine (C=N–C) groups is 2. The number of hydrogen-bond donors (Lipinski definition) is 0. The molecule has 2 unspecified atom stereocenters. The van der Waals surface area contributed by atoms with Crippen molar-refractivity contribution in [3.63, 3.8) is 0 Å². The Kier molecular flexibility index (Phi) is 3.66. The lowest BCUT2D eigenvalue weighted by Gasteiger charge is -2.13. The van der Waals surface area contributed by atoms with Gasteiger partial charge in [0.05, 0.1) is 12.2 Å². The number of nitrogens with zero attached hydrogens (tertiary/aromatic N) is 2. The summed E-state index contributed by atoms with van der Waals surface area (Å²) in [5.74, 6) is 0.591. The van der Waals surface area contributed by atoms with Crippen molar-refractivity contribution < 1.29 is 0 Å². The second-order valence-corrected chi connectivity index (χ2v) is 4.17.